The van der Waals surface area contributed by atoms with Crippen LogP contribution in [0.4, 0.5) is 5.00 Å². The molecule has 0 saturated heterocycles. The summed E-state index contributed by atoms with van der Waals surface area (Å²) < 4.78 is 34.8. The van der Waals surface area contributed by atoms with E-state index in [9.17, 15) is 22.8 Å². The molecule has 2 aliphatic rings. The Morgan fingerprint density at radius 2 is 1.97 bits per heavy atom. The molecule has 1 unspecified atom stereocenters. The lowest BCUT2D eigenvalue weighted by Gasteiger charge is -2.26. The number of imide groups is 1. The van der Waals surface area contributed by atoms with E-state index in [1.165, 1.54) is 12.3 Å². The number of thiophene rings is 1. The number of nitrogens with one attached hydrogen (secondary N) is 1. The van der Waals surface area contributed by atoms with Crippen molar-refractivity contribution in [1.29, 1.82) is 0 Å². The second kappa shape index (κ2) is 6.85. The minimum Gasteiger partial charge on any atom is -0.454 e. The molecule has 0 aliphatic carbocycles. The molecule has 2 aromatic rings. The number of hydrogen-bond donors (Lipinski definition) is 1. The number of anilines is 1. The lowest BCUT2D eigenvalue weighted by Crippen LogP contribution is -2.38. The van der Waals surface area contributed by atoms with Crippen molar-refractivity contribution in [1.82, 2.24) is 4.90 Å². The first-order valence-corrected chi connectivity index (χ1v) is 11.4. The molecule has 0 radical (unpaired) electrons. The van der Waals surface area contributed by atoms with Crippen molar-refractivity contribution < 1.29 is 32.3 Å². The maximum absolute atomic E-state index is 13.1. The third kappa shape index (κ3) is 3.47. The second-order valence-electron chi connectivity index (χ2n) is 6.74. The molecule has 3 heterocycles. The summed E-state index contributed by atoms with van der Waals surface area (Å²) in [7, 11) is -3.55. The Kier molecular flexibility index (Phi) is 4.58. The van der Waals surface area contributed by atoms with E-state index in [4.69, 9.17) is 9.47 Å². The number of carbonyl (C=O) groups excluding carboxylic acids is 3. The van der Waals surface area contributed by atoms with Gasteiger partial charge in [0.15, 0.2) is 11.5 Å². The van der Waals surface area contributed by atoms with E-state index >= 15 is 0 Å². The predicted octanol–water partition coefficient (Wildman–Crippen LogP) is 1.82. The smallest absolute Gasteiger partial charge is 0.265 e. The fourth-order valence-electron chi connectivity index (χ4n) is 3.33. The number of amides is 3. The Morgan fingerprint density at radius 3 is 2.66 bits per heavy atom. The molecule has 152 valence electrons. The molecule has 1 aromatic heterocycles. The molecular weight excluding hydrogens is 420 g/mol. The zero-order valence-corrected chi connectivity index (χ0v) is 17.1. The van der Waals surface area contributed by atoms with E-state index < -0.39 is 33.4 Å². The Morgan fingerprint density at radius 1 is 1.24 bits per heavy atom. The summed E-state index contributed by atoms with van der Waals surface area (Å²) in [4.78, 5) is 38.4. The van der Waals surface area contributed by atoms with Crippen molar-refractivity contribution in [3.05, 3.63) is 40.3 Å². The first kappa shape index (κ1) is 19.4. The molecule has 1 atom stereocenters. The molecule has 0 fully saturated rings. The normalized spacial score (nSPS) is 16.1. The molecule has 11 heteroatoms. The van der Waals surface area contributed by atoms with Gasteiger partial charge >= 0.3 is 0 Å². The first-order valence-electron chi connectivity index (χ1n) is 8.50. The fourth-order valence-corrected chi connectivity index (χ4v) is 5.22. The van der Waals surface area contributed by atoms with E-state index in [1.54, 1.807) is 18.2 Å². The number of benzene rings is 1. The van der Waals surface area contributed by atoms with Gasteiger partial charge in [-0.25, -0.2) is 8.42 Å². The van der Waals surface area contributed by atoms with E-state index in [0.29, 0.717) is 17.1 Å². The van der Waals surface area contributed by atoms with Crippen LogP contribution in [0.25, 0.3) is 0 Å². The Labute approximate surface area is 170 Å². The van der Waals surface area contributed by atoms with Gasteiger partial charge in [-0.3, -0.25) is 19.3 Å². The van der Waals surface area contributed by atoms with Gasteiger partial charge in [0.2, 0.25) is 12.7 Å². The van der Waals surface area contributed by atoms with Crippen LogP contribution in [0, 0.1) is 0 Å². The number of fused-ring (bicyclic) bond motifs is 2. The van der Waals surface area contributed by atoms with Crippen LogP contribution in [0.5, 0.6) is 11.5 Å². The van der Waals surface area contributed by atoms with Crippen molar-refractivity contribution in [3.8, 4) is 11.5 Å². The van der Waals surface area contributed by atoms with Gasteiger partial charge in [-0.15, -0.1) is 11.3 Å². The topological polar surface area (TPSA) is 119 Å². The molecule has 0 bridgehead atoms. The van der Waals surface area contributed by atoms with Crippen LogP contribution in [0.15, 0.2) is 23.6 Å². The quantitative estimate of drug-likeness (QED) is 0.710. The van der Waals surface area contributed by atoms with Gasteiger partial charge in [-0.05, 0) is 17.7 Å². The number of rotatable bonds is 5. The maximum Gasteiger partial charge on any atom is 0.265 e. The summed E-state index contributed by atoms with van der Waals surface area (Å²) in [6.45, 7) is 1.33. The first-order chi connectivity index (χ1) is 13.7. The van der Waals surface area contributed by atoms with Crippen LogP contribution in [0.3, 0.4) is 0 Å². The third-order valence-corrected chi connectivity index (χ3v) is 6.33. The van der Waals surface area contributed by atoms with Crippen molar-refractivity contribution in [3.63, 3.8) is 0 Å². The average Bonchev–Trinajstić information content (AvgIpc) is 3.30. The van der Waals surface area contributed by atoms with Gasteiger partial charge in [0, 0.05) is 18.6 Å². The molecule has 1 aromatic carbocycles. The highest BCUT2D eigenvalue weighted by Crippen LogP contribution is 2.41. The van der Waals surface area contributed by atoms with Gasteiger partial charge < -0.3 is 14.8 Å². The minimum absolute atomic E-state index is 0.0359. The molecule has 3 amide bonds. The number of sulfone groups is 1. The van der Waals surface area contributed by atoms with Gasteiger partial charge in [0.1, 0.15) is 14.8 Å². The van der Waals surface area contributed by atoms with Crippen LogP contribution < -0.4 is 14.8 Å². The summed E-state index contributed by atoms with van der Waals surface area (Å²) in [5.41, 5.74) is 0.647. The minimum atomic E-state index is -3.55. The zero-order valence-electron chi connectivity index (χ0n) is 15.4. The molecule has 2 aliphatic heterocycles. The standard InChI is InChI=1S/C18H16N2O7S2/c1-9(21)19-16-15-11(6-28-16)17(22)20(18(15)23)12(7-29(2,24)25)10-3-4-13-14(5-10)27-8-26-13/h3-6,12H,7-8H2,1-2H3,(H,19,21). The lowest BCUT2D eigenvalue weighted by molar-refractivity contribution is -0.114. The second-order valence-corrected chi connectivity index (χ2v) is 9.80. The van der Waals surface area contributed by atoms with Crippen LogP contribution in [0.1, 0.15) is 39.2 Å². The molecule has 0 saturated carbocycles. The zero-order chi connectivity index (χ0) is 20.9. The molecule has 0 spiro atoms. The lowest BCUT2D eigenvalue weighted by atomic mass is 10.1. The predicted molar refractivity (Wildman–Crippen MR) is 104 cm³/mol. The highest BCUT2D eigenvalue weighted by atomic mass is 32.2. The summed E-state index contributed by atoms with van der Waals surface area (Å²) in [6.07, 6.45) is 1.04. The largest absolute Gasteiger partial charge is 0.454 e. The van der Waals surface area contributed by atoms with Gasteiger partial charge in [-0.1, -0.05) is 6.07 Å². The van der Waals surface area contributed by atoms with E-state index in [1.807, 2.05) is 0 Å². The monoisotopic (exact) mass is 436 g/mol. The maximum atomic E-state index is 13.1. The van der Waals surface area contributed by atoms with Gasteiger partial charge in [0.25, 0.3) is 11.8 Å². The van der Waals surface area contributed by atoms with E-state index in [2.05, 4.69) is 5.32 Å². The van der Waals surface area contributed by atoms with Crippen molar-refractivity contribution in [2.75, 3.05) is 24.1 Å². The number of ether oxygens (including phenoxy) is 2. The number of carbonyl (C=O) groups is 3. The van der Waals surface area contributed by atoms with Crippen molar-refractivity contribution in [2.45, 2.75) is 13.0 Å². The highest BCUT2D eigenvalue weighted by Gasteiger charge is 2.44. The summed E-state index contributed by atoms with van der Waals surface area (Å²) >= 11 is 1.07. The van der Waals surface area contributed by atoms with E-state index in [-0.39, 0.29) is 28.8 Å². The fraction of sp³-hybridized carbons (Fsp3) is 0.278. The Bertz CT molecular complexity index is 1150. The van der Waals surface area contributed by atoms with Crippen LogP contribution >= 0.6 is 11.3 Å². The summed E-state index contributed by atoms with van der Waals surface area (Å²) in [5.74, 6) is -1.18. The summed E-state index contributed by atoms with van der Waals surface area (Å²) in [6, 6.07) is 3.72. The van der Waals surface area contributed by atoms with E-state index in [0.717, 1.165) is 22.5 Å². The Hall–Kier alpha value is -2.92. The summed E-state index contributed by atoms with van der Waals surface area (Å²) in [5, 5.41) is 4.29. The third-order valence-electron chi connectivity index (χ3n) is 4.52. The van der Waals surface area contributed by atoms with Crippen LogP contribution in [-0.2, 0) is 14.6 Å². The molecular formula is C18H16N2O7S2. The molecule has 4 rings (SSSR count). The van der Waals surface area contributed by atoms with Gasteiger partial charge in [0.05, 0.1) is 22.9 Å². The SMILES string of the molecule is CC(=O)Nc1scc2c1C(=O)N(C(CS(C)(=O)=O)c1ccc3c(c1)OCO3)C2=O. The van der Waals surface area contributed by atoms with Crippen molar-refractivity contribution in [2.24, 2.45) is 0 Å². The van der Waals surface area contributed by atoms with Crippen LogP contribution in [-0.4, -0.2) is 49.8 Å². The molecule has 1 N–H and O–H groups in total. The van der Waals surface area contributed by atoms with Crippen LogP contribution in [0.2, 0.25) is 0 Å². The number of hydrogen-bond acceptors (Lipinski definition) is 8. The van der Waals surface area contributed by atoms with Gasteiger partial charge in [-0.2, -0.15) is 0 Å². The molecule has 29 heavy (non-hydrogen) atoms. The highest BCUT2D eigenvalue weighted by molar-refractivity contribution is 7.90. The number of nitrogens with zero attached hydrogens (tertiary/aromatic N) is 1. The van der Waals surface area contributed by atoms with Crippen molar-refractivity contribution >= 4 is 43.9 Å². The average molecular weight is 436 g/mol. The Balaban J connectivity index is 1.77. The molecule has 9 nitrogen and oxygen atoms in total.